The van der Waals surface area contributed by atoms with Crippen LogP contribution in [0, 0.1) is 5.92 Å². The summed E-state index contributed by atoms with van der Waals surface area (Å²) in [5.41, 5.74) is 2.63. The third-order valence-electron chi connectivity index (χ3n) is 3.62. The molecule has 2 heterocycles. The second kappa shape index (κ2) is 4.19. The zero-order chi connectivity index (χ0) is 11.0. The van der Waals surface area contributed by atoms with E-state index in [1.165, 1.54) is 30.4 Å². The highest BCUT2D eigenvalue weighted by Gasteiger charge is 2.32. The van der Waals surface area contributed by atoms with Crippen molar-refractivity contribution in [2.75, 3.05) is 6.54 Å². The molecule has 0 bridgehead atoms. The maximum atomic E-state index is 5.81. The fourth-order valence-electron chi connectivity index (χ4n) is 2.82. The number of rotatable bonds is 1. The Morgan fingerprint density at radius 2 is 2.31 bits per heavy atom. The Kier molecular flexibility index (Phi) is 2.70. The Hall–Kier alpha value is -0.860. The quantitative estimate of drug-likeness (QED) is 0.756. The van der Waals surface area contributed by atoms with Crippen LogP contribution in [0.15, 0.2) is 24.4 Å². The molecule has 2 nitrogen and oxygen atoms in total. The van der Waals surface area contributed by atoms with Crippen molar-refractivity contribution in [3.8, 4) is 0 Å². The SMILES string of the molecule is Clc1ccc(C2=CC[C@@H]3CCCN[C@H]23)cn1. The van der Waals surface area contributed by atoms with Crippen molar-refractivity contribution in [2.24, 2.45) is 5.92 Å². The van der Waals surface area contributed by atoms with Crippen LogP contribution in [0.1, 0.15) is 24.8 Å². The van der Waals surface area contributed by atoms with Gasteiger partial charge in [0.2, 0.25) is 0 Å². The zero-order valence-corrected chi connectivity index (χ0v) is 9.87. The highest BCUT2D eigenvalue weighted by molar-refractivity contribution is 6.29. The molecule has 1 fully saturated rings. The van der Waals surface area contributed by atoms with Crippen LogP contribution in [0.5, 0.6) is 0 Å². The molecule has 2 aliphatic rings. The molecule has 2 atom stereocenters. The van der Waals surface area contributed by atoms with E-state index in [1.807, 2.05) is 12.3 Å². The average Bonchev–Trinajstić information content (AvgIpc) is 2.74. The minimum Gasteiger partial charge on any atom is -0.310 e. The molecule has 0 radical (unpaired) electrons. The minimum absolute atomic E-state index is 0.539. The van der Waals surface area contributed by atoms with E-state index < -0.39 is 0 Å². The molecule has 0 aromatic carbocycles. The van der Waals surface area contributed by atoms with Gasteiger partial charge in [0.25, 0.3) is 0 Å². The van der Waals surface area contributed by atoms with E-state index in [0.29, 0.717) is 11.2 Å². The molecule has 1 N–H and O–H groups in total. The highest BCUT2D eigenvalue weighted by Crippen LogP contribution is 2.36. The Labute approximate surface area is 101 Å². The molecule has 1 aliphatic heterocycles. The summed E-state index contributed by atoms with van der Waals surface area (Å²) in [5.74, 6) is 0.791. The molecular formula is C13H15ClN2. The predicted octanol–water partition coefficient (Wildman–Crippen LogP) is 2.89. The van der Waals surface area contributed by atoms with E-state index in [9.17, 15) is 0 Å². The van der Waals surface area contributed by atoms with E-state index in [2.05, 4.69) is 22.4 Å². The van der Waals surface area contributed by atoms with E-state index >= 15 is 0 Å². The Morgan fingerprint density at radius 3 is 3.12 bits per heavy atom. The number of nitrogens with zero attached hydrogens (tertiary/aromatic N) is 1. The van der Waals surface area contributed by atoms with Gasteiger partial charge < -0.3 is 5.32 Å². The Bertz CT molecular complexity index is 410. The van der Waals surface area contributed by atoms with E-state index in [-0.39, 0.29) is 0 Å². The molecule has 16 heavy (non-hydrogen) atoms. The molecule has 0 amide bonds. The first-order valence-electron chi connectivity index (χ1n) is 5.90. The molecule has 84 valence electrons. The third-order valence-corrected chi connectivity index (χ3v) is 3.85. The van der Waals surface area contributed by atoms with Crippen LogP contribution in [0.25, 0.3) is 5.57 Å². The van der Waals surface area contributed by atoms with Crippen LogP contribution in [-0.4, -0.2) is 17.6 Å². The molecule has 3 heteroatoms. The van der Waals surface area contributed by atoms with E-state index in [4.69, 9.17) is 11.6 Å². The highest BCUT2D eigenvalue weighted by atomic mass is 35.5. The summed E-state index contributed by atoms with van der Waals surface area (Å²) in [7, 11) is 0. The molecule has 0 saturated carbocycles. The molecular weight excluding hydrogens is 220 g/mol. The van der Waals surface area contributed by atoms with Crippen LogP contribution in [0.2, 0.25) is 5.15 Å². The third kappa shape index (κ3) is 1.76. The second-order valence-corrected chi connectivity index (χ2v) is 4.99. The summed E-state index contributed by atoms with van der Waals surface area (Å²) in [4.78, 5) is 4.16. The molecule has 1 aliphatic carbocycles. The number of aromatic nitrogens is 1. The van der Waals surface area contributed by atoms with Crippen molar-refractivity contribution in [3.05, 3.63) is 35.1 Å². The molecule has 1 aromatic rings. The number of hydrogen-bond acceptors (Lipinski definition) is 2. The van der Waals surface area contributed by atoms with E-state index in [1.54, 1.807) is 0 Å². The van der Waals surface area contributed by atoms with Gasteiger partial charge in [-0.2, -0.15) is 0 Å². The van der Waals surface area contributed by atoms with Crippen molar-refractivity contribution in [1.29, 1.82) is 0 Å². The van der Waals surface area contributed by atoms with Crippen molar-refractivity contribution < 1.29 is 0 Å². The standard InChI is InChI=1S/C13H15ClN2/c14-12-6-4-10(8-16-12)11-5-3-9-2-1-7-15-13(9)11/h4-6,8-9,13,15H,1-3,7H2/t9-,13-/m0/s1. The van der Waals surface area contributed by atoms with E-state index in [0.717, 1.165) is 12.5 Å². The summed E-state index contributed by atoms with van der Waals surface area (Å²) in [6.07, 6.45) is 8.10. The predicted molar refractivity (Wildman–Crippen MR) is 66.4 cm³/mol. The topological polar surface area (TPSA) is 24.9 Å². The summed E-state index contributed by atoms with van der Waals surface area (Å²) in [6.45, 7) is 1.14. The first-order valence-corrected chi connectivity index (χ1v) is 6.28. The smallest absolute Gasteiger partial charge is 0.129 e. The lowest BCUT2D eigenvalue weighted by molar-refractivity contribution is 0.346. The first-order chi connectivity index (χ1) is 7.84. The number of nitrogens with one attached hydrogen (secondary N) is 1. The van der Waals surface area contributed by atoms with Gasteiger partial charge in [0.1, 0.15) is 5.15 Å². The summed E-state index contributed by atoms with van der Waals surface area (Å²) in [5, 5.41) is 4.18. The van der Waals surface area contributed by atoms with Gasteiger partial charge in [0.15, 0.2) is 0 Å². The molecule has 0 spiro atoms. The van der Waals surface area contributed by atoms with Gasteiger partial charge in [0.05, 0.1) is 0 Å². The van der Waals surface area contributed by atoms with Crippen LogP contribution in [-0.2, 0) is 0 Å². The lowest BCUT2D eigenvalue weighted by atomic mass is 9.89. The molecule has 0 unspecified atom stereocenters. The number of pyridine rings is 1. The number of halogens is 1. The summed E-state index contributed by atoms with van der Waals surface area (Å²) >= 11 is 5.81. The maximum Gasteiger partial charge on any atom is 0.129 e. The van der Waals surface area contributed by atoms with Gasteiger partial charge in [-0.1, -0.05) is 23.7 Å². The van der Waals surface area contributed by atoms with Crippen LogP contribution in [0.3, 0.4) is 0 Å². The number of piperidine rings is 1. The maximum absolute atomic E-state index is 5.81. The van der Waals surface area contributed by atoms with Crippen molar-refractivity contribution >= 4 is 17.2 Å². The molecule has 1 saturated heterocycles. The fraction of sp³-hybridized carbons (Fsp3) is 0.462. The Morgan fingerprint density at radius 1 is 1.38 bits per heavy atom. The number of fused-ring (bicyclic) bond motifs is 1. The van der Waals surface area contributed by atoms with Gasteiger partial charge in [-0.3, -0.25) is 0 Å². The first kappa shape index (κ1) is 10.3. The van der Waals surface area contributed by atoms with Gasteiger partial charge in [-0.25, -0.2) is 4.98 Å². The minimum atomic E-state index is 0.539. The van der Waals surface area contributed by atoms with Crippen molar-refractivity contribution in [3.63, 3.8) is 0 Å². The van der Waals surface area contributed by atoms with Crippen LogP contribution in [0.4, 0.5) is 0 Å². The molecule has 1 aromatic heterocycles. The zero-order valence-electron chi connectivity index (χ0n) is 9.12. The van der Waals surface area contributed by atoms with Gasteiger partial charge in [-0.05, 0) is 48.9 Å². The molecule has 3 rings (SSSR count). The van der Waals surface area contributed by atoms with Gasteiger partial charge >= 0.3 is 0 Å². The normalized spacial score (nSPS) is 28.7. The van der Waals surface area contributed by atoms with Crippen LogP contribution >= 0.6 is 11.6 Å². The number of hydrogen-bond donors (Lipinski definition) is 1. The average molecular weight is 235 g/mol. The van der Waals surface area contributed by atoms with Crippen molar-refractivity contribution in [2.45, 2.75) is 25.3 Å². The largest absolute Gasteiger partial charge is 0.310 e. The lowest BCUT2D eigenvalue weighted by Gasteiger charge is -2.29. The second-order valence-electron chi connectivity index (χ2n) is 4.60. The number of allylic oxidation sites excluding steroid dienone is 1. The van der Waals surface area contributed by atoms with Crippen molar-refractivity contribution in [1.82, 2.24) is 10.3 Å². The summed E-state index contributed by atoms with van der Waals surface area (Å²) in [6, 6.07) is 4.48. The monoisotopic (exact) mass is 234 g/mol. The van der Waals surface area contributed by atoms with Gasteiger partial charge in [-0.15, -0.1) is 0 Å². The fourth-order valence-corrected chi connectivity index (χ4v) is 2.93. The Balaban J connectivity index is 1.87. The summed E-state index contributed by atoms with van der Waals surface area (Å²) < 4.78 is 0. The van der Waals surface area contributed by atoms with Gasteiger partial charge in [0, 0.05) is 12.2 Å². The lowest BCUT2D eigenvalue weighted by Crippen LogP contribution is -2.39. The van der Waals surface area contributed by atoms with Crippen LogP contribution < -0.4 is 5.32 Å².